The van der Waals surface area contributed by atoms with Crippen molar-refractivity contribution in [3.8, 4) is 11.4 Å². The predicted molar refractivity (Wildman–Crippen MR) is 128 cm³/mol. The SMILES string of the molecule is CC(C)C.Cc1cnc(-c2cn(SI)c3ncc(F)cc23)nc1NCCC(O)C(F)(F)F. The Morgan fingerprint density at radius 3 is 2.47 bits per heavy atom. The molecule has 0 aliphatic heterocycles. The van der Waals surface area contributed by atoms with Gasteiger partial charge in [0.2, 0.25) is 0 Å². The van der Waals surface area contributed by atoms with Gasteiger partial charge in [0.1, 0.15) is 11.6 Å². The molecule has 32 heavy (non-hydrogen) atoms. The summed E-state index contributed by atoms with van der Waals surface area (Å²) in [5, 5.41) is 12.4. The van der Waals surface area contributed by atoms with Crippen LogP contribution in [0.3, 0.4) is 0 Å². The first-order valence-electron chi connectivity index (χ1n) is 9.72. The molecule has 0 bridgehead atoms. The van der Waals surface area contributed by atoms with E-state index in [0.29, 0.717) is 28.0 Å². The summed E-state index contributed by atoms with van der Waals surface area (Å²) in [4.78, 5) is 12.7. The Kier molecular flexibility index (Phi) is 9.52. The van der Waals surface area contributed by atoms with E-state index in [4.69, 9.17) is 5.11 Å². The first kappa shape index (κ1) is 26.6. The number of aliphatic hydroxyl groups excluding tert-OH is 1. The number of nitrogens with one attached hydrogen (secondary N) is 1. The minimum atomic E-state index is -4.66. The fourth-order valence-corrected chi connectivity index (χ4v) is 3.78. The van der Waals surface area contributed by atoms with Crippen LogP contribution in [0.5, 0.6) is 0 Å². The number of aromatic nitrogens is 4. The third-order valence-corrected chi connectivity index (χ3v) is 5.65. The number of rotatable bonds is 6. The lowest BCUT2D eigenvalue weighted by molar-refractivity contribution is -0.204. The molecule has 12 heteroatoms. The summed E-state index contributed by atoms with van der Waals surface area (Å²) in [6.45, 7) is 8.08. The van der Waals surface area contributed by atoms with Crippen molar-refractivity contribution in [1.29, 1.82) is 0 Å². The molecule has 3 rings (SSSR count). The van der Waals surface area contributed by atoms with Gasteiger partial charge in [-0.1, -0.05) is 20.8 Å². The summed E-state index contributed by atoms with van der Waals surface area (Å²) in [6, 6.07) is 1.33. The molecule has 1 atom stereocenters. The smallest absolute Gasteiger partial charge is 0.384 e. The summed E-state index contributed by atoms with van der Waals surface area (Å²) >= 11 is 2.06. The molecule has 0 aliphatic carbocycles. The molecule has 0 aromatic carbocycles. The quantitative estimate of drug-likeness (QED) is 0.266. The molecule has 0 saturated carbocycles. The zero-order chi connectivity index (χ0) is 24.1. The van der Waals surface area contributed by atoms with Gasteiger partial charge in [0.05, 0.1) is 6.20 Å². The first-order valence-corrected chi connectivity index (χ1v) is 13.0. The zero-order valence-corrected chi connectivity index (χ0v) is 20.9. The lowest BCUT2D eigenvalue weighted by Gasteiger charge is -2.15. The van der Waals surface area contributed by atoms with E-state index in [2.05, 4.69) is 62.2 Å². The maximum absolute atomic E-state index is 13.7. The third kappa shape index (κ3) is 7.17. The highest BCUT2D eigenvalue weighted by Crippen LogP contribution is 2.33. The minimum absolute atomic E-state index is 0.125. The largest absolute Gasteiger partial charge is 0.414 e. The van der Waals surface area contributed by atoms with Crippen LogP contribution in [0, 0.1) is 18.7 Å². The van der Waals surface area contributed by atoms with E-state index in [1.54, 1.807) is 17.1 Å². The van der Waals surface area contributed by atoms with Crippen molar-refractivity contribution in [2.75, 3.05) is 11.9 Å². The maximum atomic E-state index is 13.7. The Morgan fingerprint density at radius 1 is 1.22 bits per heavy atom. The van der Waals surface area contributed by atoms with Gasteiger partial charge in [0.25, 0.3) is 0 Å². The van der Waals surface area contributed by atoms with Gasteiger partial charge in [-0.3, -0.25) is 3.97 Å². The monoisotopic (exact) mass is 585 g/mol. The van der Waals surface area contributed by atoms with Gasteiger partial charge in [-0.05, 0) is 25.3 Å². The first-order chi connectivity index (χ1) is 14.9. The van der Waals surface area contributed by atoms with E-state index in [1.807, 2.05) is 0 Å². The third-order valence-electron chi connectivity index (χ3n) is 3.95. The Morgan fingerprint density at radius 2 is 1.88 bits per heavy atom. The second-order valence-electron chi connectivity index (χ2n) is 7.69. The molecule has 3 heterocycles. The van der Waals surface area contributed by atoms with Gasteiger partial charge in [0.15, 0.2) is 17.6 Å². The molecule has 0 aliphatic rings. The molecule has 3 aromatic heterocycles. The van der Waals surface area contributed by atoms with Crippen molar-refractivity contribution >= 4 is 47.2 Å². The predicted octanol–water partition coefficient (Wildman–Crippen LogP) is 6.17. The number of nitrogens with zero attached hydrogens (tertiary/aromatic N) is 4. The van der Waals surface area contributed by atoms with Crippen LogP contribution in [0.4, 0.5) is 23.4 Å². The summed E-state index contributed by atoms with van der Waals surface area (Å²) in [6.07, 6.45) is -3.22. The fourth-order valence-electron chi connectivity index (χ4n) is 2.53. The van der Waals surface area contributed by atoms with Crippen LogP contribution in [0.15, 0.2) is 24.7 Å². The van der Waals surface area contributed by atoms with Gasteiger partial charge in [-0.25, -0.2) is 19.3 Å². The van der Waals surface area contributed by atoms with E-state index < -0.39 is 24.5 Å². The van der Waals surface area contributed by atoms with Crippen LogP contribution in [0.1, 0.15) is 32.8 Å². The summed E-state index contributed by atoms with van der Waals surface area (Å²) < 4.78 is 52.7. The number of alkyl halides is 3. The lowest BCUT2D eigenvalue weighted by Crippen LogP contribution is -2.30. The second kappa shape index (κ2) is 11.5. The van der Waals surface area contributed by atoms with Crippen molar-refractivity contribution in [3.05, 3.63) is 36.0 Å². The Bertz CT molecular complexity index is 1040. The van der Waals surface area contributed by atoms with Gasteiger partial charge in [-0.15, -0.1) is 0 Å². The Labute approximate surface area is 200 Å². The Hall–Kier alpha value is -1.67. The van der Waals surface area contributed by atoms with E-state index in [1.165, 1.54) is 21.4 Å². The highest BCUT2D eigenvalue weighted by molar-refractivity contribution is 14.2. The number of aliphatic hydroxyl groups is 1. The van der Waals surface area contributed by atoms with Gasteiger partial charge in [-0.2, -0.15) is 13.2 Å². The fraction of sp³-hybridized carbons (Fsp3) is 0.450. The van der Waals surface area contributed by atoms with E-state index >= 15 is 0 Å². The average Bonchev–Trinajstić information content (AvgIpc) is 3.06. The number of anilines is 1. The molecule has 1 unspecified atom stereocenters. The number of aryl methyl sites for hydroxylation is 1. The normalized spacial score (nSPS) is 12.6. The van der Waals surface area contributed by atoms with Gasteiger partial charge in [0, 0.05) is 65.8 Å². The molecular formula is C20H24F4IN5OS. The summed E-state index contributed by atoms with van der Waals surface area (Å²) in [7, 11) is 1.34. The summed E-state index contributed by atoms with van der Waals surface area (Å²) in [5.74, 6) is 0.953. The number of hydrogen-bond donors (Lipinski definition) is 2. The minimum Gasteiger partial charge on any atom is -0.384 e. The van der Waals surface area contributed by atoms with Crippen molar-refractivity contribution in [1.82, 2.24) is 18.9 Å². The molecule has 2 N–H and O–H groups in total. The second-order valence-corrected chi connectivity index (χ2v) is 9.41. The zero-order valence-electron chi connectivity index (χ0n) is 17.9. The molecule has 0 amide bonds. The molecule has 0 spiro atoms. The van der Waals surface area contributed by atoms with Gasteiger partial charge < -0.3 is 10.4 Å². The molecule has 0 radical (unpaired) electrons. The van der Waals surface area contributed by atoms with Crippen LogP contribution in [0.25, 0.3) is 22.4 Å². The van der Waals surface area contributed by atoms with Crippen molar-refractivity contribution in [2.24, 2.45) is 5.92 Å². The highest BCUT2D eigenvalue weighted by atomic mass is 127. The molecular weight excluding hydrogens is 561 g/mol. The Balaban J connectivity index is 0.000000837. The van der Waals surface area contributed by atoms with Crippen molar-refractivity contribution < 1.29 is 22.7 Å². The van der Waals surface area contributed by atoms with Gasteiger partial charge >= 0.3 is 6.18 Å². The van der Waals surface area contributed by atoms with Crippen molar-refractivity contribution in [3.63, 3.8) is 0 Å². The lowest BCUT2D eigenvalue weighted by atomic mass is 10.2. The van der Waals surface area contributed by atoms with Crippen LogP contribution >= 0.6 is 30.3 Å². The molecule has 0 saturated heterocycles. The van der Waals surface area contributed by atoms with Crippen molar-refractivity contribution in [2.45, 2.75) is 46.4 Å². The molecule has 176 valence electrons. The molecule has 6 nitrogen and oxygen atoms in total. The average molecular weight is 585 g/mol. The van der Waals surface area contributed by atoms with Crippen LogP contribution in [-0.4, -0.2) is 42.9 Å². The van der Waals surface area contributed by atoms with Crippen LogP contribution in [-0.2, 0) is 0 Å². The highest BCUT2D eigenvalue weighted by Gasteiger charge is 2.37. The number of fused-ring (bicyclic) bond motifs is 1. The molecule has 3 aromatic rings. The number of pyridine rings is 1. The number of hydrogen-bond acceptors (Lipinski definition) is 6. The van der Waals surface area contributed by atoms with E-state index in [9.17, 15) is 17.6 Å². The number of halogens is 5. The topological polar surface area (TPSA) is 75.9 Å². The van der Waals surface area contributed by atoms with E-state index in [0.717, 1.165) is 12.1 Å². The standard InChI is InChI=1S/C16H14F4IN5OS.C4H10/c1-8-5-23-14(25-13(8)22-3-2-12(27)16(18,19)20)11-7-26(28-21)15-10(11)4-9(17)6-24-15;1-4(2)3/h4-7,12,27H,2-3H2,1H3,(H,22,23,25);4H,1-3H3. The van der Waals surface area contributed by atoms with Crippen LogP contribution < -0.4 is 5.32 Å². The summed E-state index contributed by atoms with van der Waals surface area (Å²) in [5.41, 5.74) is 1.72. The molecule has 0 fully saturated rings. The van der Waals surface area contributed by atoms with E-state index in [-0.39, 0.29) is 12.4 Å². The maximum Gasteiger partial charge on any atom is 0.414 e. The van der Waals surface area contributed by atoms with Crippen LogP contribution in [0.2, 0.25) is 0 Å².